The summed E-state index contributed by atoms with van der Waals surface area (Å²) in [6, 6.07) is 10.1. The fourth-order valence-electron chi connectivity index (χ4n) is 2.82. The van der Waals surface area contributed by atoms with Crippen molar-refractivity contribution in [1.29, 1.82) is 0 Å². The fraction of sp³-hybridized carbons (Fsp3) is 0.100. The number of anilines is 4. The number of methoxy groups -OCH3 is 1. The van der Waals surface area contributed by atoms with Crippen LogP contribution in [0.15, 0.2) is 54.9 Å². The van der Waals surface area contributed by atoms with E-state index in [-0.39, 0.29) is 17.8 Å². The number of halogens is 2. The normalized spacial score (nSPS) is 14.7. The minimum Gasteiger partial charge on any atom is -0.495 e. The maximum absolute atomic E-state index is 14.3. The number of hydrogen-bond donors (Lipinski definition) is 3. The molecule has 0 spiro atoms. The van der Waals surface area contributed by atoms with E-state index in [4.69, 9.17) is 26.8 Å². The minimum atomic E-state index is -0.596. The molecule has 0 radical (unpaired) electrons. The molecule has 0 fully saturated rings. The molecule has 4 rings (SSSR count). The SMILES string of the molecule is COc1ccc(Nc2ncc(F)c(Nc3ccc4c(c3)C(N)C=CO4)n2)cc1Cl. The first kappa shape index (κ1) is 19.0. The molecule has 1 aromatic heterocycles. The van der Waals surface area contributed by atoms with E-state index >= 15 is 0 Å². The van der Waals surface area contributed by atoms with Crippen LogP contribution in [0.1, 0.15) is 11.6 Å². The Labute approximate surface area is 171 Å². The van der Waals surface area contributed by atoms with Gasteiger partial charge in [0.05, 0.1) is 30.6 Å². The second-order valence-electron chi connectivity index (χ2n) is 6.21. The van der Waals surface area contributed by atoms with Crippen LogP contribution in [0.5, 0.6) is 11.5 Å². The van der Waals surface area contributed by atoms with Crippen LogP contribution in [-0.2, 0) is 0 Å². The molecule has 148 valence electrons. The van der Waals surface area contributed by atoms with E-state index in [0.29, 0.717) is 27.9 Å². The first-order valence-corrected chi connectivity index (χ1v) is 9.04. The Balaban J connectivity index is 1.56. The monoisotopic (exact) mass is 413 g/mol. The number of ether oxygens (including phenoxy) is 2. The second kappa shape index (κ2) is 7.94. The Morgan fingerprint density at radius 1 is 1.17 bits per heavy atom. The third kappa shape index (κ3) is 4.08. The highest BCUT2D eigenvalue weighted by Crippen LogP contribution is 2.33. The third-order valence-electron chi connectivity index (χ3n) is 4.26. The van der Waals surface area contributed by atoms with Crippen molar-refractivity contribution in [3.05, 3.63) is 71.3 Å². The van der Waals surface area contributed by atoms with Crippen LogP contribution in [0, 0.1) is 5.82 Å². The molecule has 4 N–H and O–H groups in total. The van der Waals surface area contributed by atoms with Crippen LogP contribution >= 0.6 is 11.6 Å². The molecule has 29 heavy (non-hydrogen) atoms. The highest BCUT2D eigenvalue weighted by molar-refractivity contribution is 6.32. The van der Waals surface area contributed by atoms with Crippen molar-refractivity contribution >= 4 is 34.7 Å². The summed E-state index contributed by atoms with van der Waals surface area (Å²) in [6.07, 6.45) is 4.37. The molecule has 0 aliphatic carbocycles. The van der Waals surface area contributed by atoms with Crippen LogP contribution < -0.4 is 25.8 Å². The van der Waals surface area contributed by atoms with E-state index < -0.39 is 5.82 Å². The molecule has 0 bridgehead atoms. The zero-order valence-corrected chi connectivity index (χ0v) is 16.1. The Morgan fingerprint density at radius 2 is 1.97 bits per heavy atom. The van der Waals surface area contributed by atoms with Gasteiger partial charge in [-0.3, -0.25) is 0 Å². The van der Waals surface area contributed by atoms with E-state index in [9.17, 15) is 4.39 Å². The molecule has 1 atom stereocenters. The molecular weight excluding hydrogens is 397 g/mol. The lowest BCUT2D eigenvalue weighted by molar-refractivity contribution is 0.415. The lowest BCUT2D eigenvalue weighted by Crippen LogP contribution is -2.12. The van der Waals surface area contributed by atoms with Crippen molar-refractivity contribution < 1.29 is 13.9 Å². The number of fused-ring (bicyclic) bond motifs is 1. The summed E-state index contributed by atoms with van der Waals surface area (Å²) in [5, 5.41) is 6.37. The first-order chi connectivity index (χ1) is 14.0. The van der Waals surface area contributed by atoms with E-state index in [1.54, 1.807) is 48.7 Å². The van der Waals surface area contributed by atoms with Gasteiger partial charge in [0.1, 0.15) is 11.5 Å². The van der Waals surface area contributed by atoms with E-state index in [2.05, 4.69) is 20.6 Å². The molecular formula is C20H17ClFN5O2. The third-order valence-corrected chi connectivity index (χ3v) is 4.56. The number of nitrogens with one attached hydrogen (secondary N) is 2. The molecule has 9 heteroatoms. The number of aromatic nitrogens is 2. The van der Waals surface area contributed by atoms with Gasteiger partial charge in [0.25, 0.3) is 0 Å². The molecule has 0 saturated heterocycles. The highest BCUT2D eigenvalue weighted by Gasteiger charge is 2.16. The molecule has 1 aliphatic rings. The van der Waals surface area contributed by atoms with Crippen molar-refractivity contribution in [3.63, 3.8) is 0 Å². The van der Waals surface area contributed by atoms with E-state index in [0.717, 1.165) is 11.8 Å². The zero-order chi connectivity index (χ0) is 20.4. The molecule has 0 amide bonds. The van der Waals surface area contributed by atoms with Crippen LogP contribution in [-0.4, -0.2) is 17.1 Å². The van der Waals surface area contributed by atoms with Gasteiger partial charge in [-0.15, -0.1) is 0 Å². The highest BCUT2D eigenvalue weighted by atomic mass is 35.5. The maximum atomic E-state index is 14.3. The lowest BCUT2D eigenvalue weighted by atomic mass is 10.0. The van der Waals surface area contributed by atoms with Crippen LogP contribution in [0.2, 0.25) is 5.02 Å². The second-order valence-corrected chi connectivity index (χ2v) is 6.62. The van der Waals surface area contributed by atoms with Crippen LogP contribution in [0.3, 0.4) is 0 Å². The number of benzene rings is 2. The largest absolute Gasteiger partial charge is 0.495 e. The fourth-order valence-corrected chi connectivity index (χ4v) is 3.08. The van der Waals surface area contributed by atoms with Gasteiger partial charge in [-0.25, -0.2) is 9.37 Å². The predicted molar refractivity (Wildman–Crippen MR) is 110 cm³/mol. The van der Waals surface area contributed by atoms with Gasteiger partial charge >= 0.3 is 0 Å². The predicted octanol–water partition coefficient (Wildman–Crippen LogP) is 4.67. The summed E-state index contributed by atoms with van der Waals surface area (Å²) < 4.78 is 24.8. The summed E-state index contributed by atoms with van der Waals surface area (Å²) in [5.74, 6) is 0.830. The van der Waals surface area contributed by atoms with Crippen molar-refractivity contribution in [3.8, 4) is 11.5 Å². The Hall–Kier alpha value is -3.36. The molecule has 3 aromatic rings. The first-order valence-electron chi connectivity index (χ1n) is 8.66. The lowest BCUT2D eigenvalue weighted by Gasteiger charge is -2.18. The van der Waals surface area contributed by atoms with Crippen LogP contribution in [0.25, 0.3) is 0 Å². The van der Waals surface area contributed by atoms with Crippen molar-refractivity contribution in [1.82, 2.24) is 9.97 Å². The number of hydrogen-bond acceptors (Lipinski definition) is 7. The summed E-state index contributed by atoms with van der Waals surface area (Å²) in [6.45, 7) is 0. The quantitative estimate of drug-likeness (QED) is 0.559. The van der Waals surface area contributed by atoms with Crippen molar-refractivity contribution in [2.24, 2.45) is 5.73 Å². The number of rotatable bonds is 5. The topological polar surface area (TPSA) is 94.3 Å². The van der Waals surface area contributed by atoms with Gasteiger partial charge in [-0.2, -0.15) is 4.98 Å². The summed E-state index contributed by atoms with van der Waals surface area (Å²) >= 11 is 6.13. The number of nitrogens with two attached hydrogens (primary N) is 1. The number of nitrogens with zero attached hydrogens (tertiary/aromatic N) is 2. The molecule has 2 heterocycles. The standard InChI is InChI=1S/C20H17ClFN5O2/c1-28-18-5-3-12(9-14(18)21)26-20-24-10-15(22)19(27-20)25-11-2-4-17-13(8-11)16(23)6-7-29-17/h2-10,16H,23H2,1H3,(H2,24,25,26,27). The molecule has 7 nitrogen and oxygen atoms in total. The average Bonchev–Trinajstić information content (AvgIpc) is 2.71. The van der Waals surface area contributed by atoms with Gasteiger partial charge < -0.3 is 25.8 Å². The Morgan fingerprint density at radius 3 is 2.76 bits per heavy atom. The van der Waals surface area contributed by atoms with Gasteiger partial charge in [0.15, 0.2) is 11.6 Å². The van der Waals surface area contributed by atoms with E-state index in [1.807, 2.05) is 0 Å². The summed E-state index contributed by atoms with van der Waals surface area (Å²) in [7, 11) is 1.53. The zero-order valence-electron chi connectivity index (χ0n) is 15.3. The van der Waals surface area contributed by atoms with Gasteiger partial charge in [-0.05, 0) is 42.5 Å². The van der Waals surface area contributed by atoms with E-state index in [1.165, 1.54) is 7.11 Å². The minimum absolute atomic E-state index is 0.0166. The van der Waals surface area contributed by atoms with Gasteiger partial charge in [0.2, 0.25) is 5.95 Å². The van der Waals surface area contributed by atoms with Crippen molar-refractivity contribution in [2.45, 2.75) is 6.04 Å². The molecule has 2 aromatic carbocycles. The summed E-state index contributed by atoms with van der Waals surface area (Å²) in [5.41, 5.74) is 8.10. The van der Waals surface area contributed by atoms with Crippen molar-refractivity contribution in [2.75, 3.05) is 17.7 Å². The Bertz CT molecular complexity index is 1090. The Kier molecular flexibility index (Phi) is 5.20. The smallest absolute Gasteiger partial charge is 0.229 e. The molecule has 1 unspecified atom stereocenters. The van der Waals surface area contributed by atoms with Gasteiger partial charge in [0, 0.05) is 16.9 Å². The maximum Gasteiger partial charge on any atom is 0.229 e. The molecule has 0 saturated carbocycles. The van der Waals surface area contributed by atoms with Gasteiger partial charge in [-0.1, -0.05) is 11.6 Å². The average molecular weight is 414 g/mol. The van der Waals surface area contributed by atoms with Crippen LogP contribution in [0.4, 0.5) is 27.5 Å². The summed E-state index contributed by atoms with van der Waals surface area (Å²) in [4.78, 5) is 8.18. The molecule has 1 aliphatic heterocycles.